The molecule has 1 aliphatic heterocycles. The normalized spacial score (nSPS) is 27.2. The molecule has 2 unspecified atom stereocenters. The summed E-state index contributed by atoms with van der Waals surface area (Å²) in [5.74, 6) is 0.867. The minimum Gasteiger partial charge on any atom is -0.491 e. The van der Waals surface area contributed by atoms with Crippen LogP contribution in [-0.4, -0.2) is 31.5 Å². The minimum atomic E-state index is 0.291. The Morgan fingerprint density at radius 3 is 2.63 bits per heavy atom. The summed E-state index contributed by atoms with van der Waals surface area (Å²) in [4.78, 5) is 0. The van der Waals surface area contributed by atoms with Gasteiger partial charge in [0.2, 0.25) is 0 Å². The van der Waals surface area contributed by atoms with Crippen LogP contribution in [0.3, 0.4) is 0 Å². The number of halogens is 1. The summed E-state index contributed by atoms with van der Waals surface area (Å²) in [7, 11) is 0. The zero-order valence-electron chi connectivity index (χ0n) is 11.5. The Hall–Kier alpha value is -0.580. The quantitative estimate of drug-likeness (QED) is 0.769. The van der Waals surface area contributed by atoms with E-state index in [4.69, 9.17) is 14.2 Å². The summed E-state index contributed by atoms with van der Waals surface area (Å²) in [6.07, 6.45) is 2.83. The maximum Gasteiger partial charge on any atom is 0.120 e. The molecule has 0 radical (unpaired) electrons. The highest BCUT2D eigenvalue weighted by atomic mass is 79.9. The Morgan fingerprint density at radius 2 is 1.95 bits per heavy atom. The molecule has 0 N–H and O–H groups in total. The molecule has 0 aromatic heterocycles. The van der Waals surface area contributed by atoms with E-state index >= 15 is 0 Å². The molecule has 106 valence electrons. The van der Waals surface area contributed by atoms with Crippen molar-refractivity contribution in [1.29, 1.82) is 0 Å². The number of hydrogen-bond acceptors (Lipinski definition) is 3. The van der Waals surface area contributed by atoms with E-state index < -0.39 is 0 Å². The zero-order chi connectivity index (χ0) is 13.7. The van der Waals surface area contributed by atoms with Gasteiger partial charge in [0, 0.05) is 4.47 Å². The number of hydrogen-bond donors (Lipinski definition) is 0. The number of ether oxygens (including phenoxy) is 3. The van der Waals surface area contributed by atoms with Crippen LogP contribution < -0.4 is 4.74 Å². The predicted octanol–water partition coefficient (Wildman–Crippen LogP) is 3.80. The van der Waals surface area contributed by atoms with Gasteiger partial charge in [-0.05, 0) is 44.9 Å². The van der Waals surface area contributed by atoms with Crippen LogP contribution in [-0.2, 0) is 9.47 Å². The Kier molecular flexibility index (Phi) is 5.67. The molecule has 1 heterocycles. The number of benzene rings is 1. The highest BCUT2D eigenvalue weighted by Gasteiger charge is 2.24. The lowest BCUT2D eigenvalue weighted by molar-refractivity contribution is -0.104. The summed E-state index contributed by atoms with van der Waals surface area (Å²) < 4.78 is 18.2. The molecule has 0 amide bonds. The molecule has 1 aliphatic rings. The van der Waals surface area contributed by atoms with Crippen molar-refractivity contribution in [1.82, 2.24) is 0 Å². The maximum atomic E-state index is 5.86. The molecule has 0 spiro atoms. The first kappa shape index (κ1) is 14.8. The monoisotopic (exact) mass is 328 g/mol. The molecule has 1 aromatic rings. The molecule has 1 aromatic carbocycles. The highest BCUT2D eigenvalue weighted by molar-refractivity contribution is 9.10. The van der Waals surface area contributed by atoms with Gasteiger partial charge in [0.05, 0.1) is 24.9 Å². The SMILES string of the molecule is CC1CC(OCCOc2cccc(Br)c2)CC(C)O1. The molecular weight excluding hydrogens is 308 g/mol. The van der Waals surface area contributed by atoms with Gasteiger partial charge < -0.3 is 14.2 Å². The van der Waals surface area contributed by atoms with E-state index in [9.17, 15) is 0 Å². The fourth-order valence-electron chi connectivity index (χ4n) is 2.41. The Morgan fingerprint density at radius 1 is 1.21 bits per heavy atom. The zero-order valence-corrected chi connectivity index (χ0v) is 13.1. The molecule has 2 atom stereocenters. The van der Waals surface area contributed by atoms with Gasteiger partial charge in [-0.1, -0.05) is 22.0 Å². The van der Waals surface area contributed by atoms with Gasteiger partial charge in [0.1, 0.15) is 12.4 Å². The number of rotatable bonds is 5. The average Bonchev–Trinajstić information content (AvgIpc) is 2.34. The van der Waals surface area contributed by atoms with E-state index in [-0.39, 0.29) is 0 Å². The lowest BCUT2D eigenvalue weighted by atomic mass is 10.0. The third-order valence-electron chi connectivity index (χ3n) is 3.16. The first-order valence-corrected chi connectivity index (χ1v) is 7.58. The van der Waals surface area contributed by atoms with Crippen molar-refractivity contribution in [3.8, 4) is 5.75 Å². The Labute approximate surface area is 123 Å². The Bertz CT molecular complexity index is 387. The van der Waals surface area contributed by atoms with E-state index in [0.717, 1.165) is 23.1 Å². The van der Waals surface area contributed by atoms with Crippen LogP contribution >= 0.6 is 15.9 Å². The van der Waals surface area contributed by atoms with Gasteiger partial charge in [-0.15, -0.1) is 0 Å². The third-order valence-corrected chi connectivity index (χ3v) is 3.65. The largest absolute Gasteiger partial charge is 0.491 e. The van der Waals surface area contributed by atoms with Gasteiger partial charge in [-0.2, -0.15) is 0 Å². The fraction of sp³-hybridized carbons (Fsp3) is 0.600. The summed E-state index contributed by atoms with van der Waals surface area (Å²) >= 11 is 3.42. The van der Waals surface area contributed by atoms with Crippen LogP contribution in [0.25, 0.3) is 0 Å². The molecule has 1 fully saturated rings. The van der Waals surface area contributed by atoms with Crippen molar-refractivity contribution in [2.24, 2.45) is 0 Å². The molecule has 3 nitrogen and oxygen atoms in total. The van der Waals surface area contributed by atoms with Crippen LogP contribution in [0.15, 0.2) is 28.7 Å². The summed E-state index contributed by atoms with van der Waals surface area (Å²) in [5, 5.41) is 0. The summed E-state index contributed by atoms with van der Waals surface area (Å²) in [5.41, 5.74) is 0. The van der Waals surface area contributed by atoms with Crippen molar-refractivity contribution in [2.75, 3.05) is 13.2 Å². The van der Waals surface area contributed by atoms with Crippen molar-refractivity contribution in [3.63, 3.8) is 0 Å². The highest BCUT2D eigenvalue weighted by Crippen LogP contribution is 2.22. The smallest absolute Gasteiger partial charge is 0.120 e. The topological polar surface area (TPSA) is 27.7 Å². The standard InChI is InChI=1S/C15H21BrO3/c1-11-8-15(9-12(2)19-11)18-7-6-17-14-5-3-4-13(16)10-14/h3-5,10-12,15H,6-9H2,1-2H3. The second-order valence-electron chi connectivity index (χ2n) is 5.03. The molecule has 19 heavy (non-hydrogen) atoms. The van der Waals surface area contributed by atoms with Crippen LogP contribution in [0.5, 0.6) is 5.75 Å². The summed E-state index contributed by atoms with van der Waals surface area (Å²) in [6.45, 7) is 5.40. The van der Waals surface area contributed by atoms with Crippen molar-refractivity contribution in [2.45, 2.75) is 45.0 Å². The van der Waals surface area contributed by atoms with E-state index in [1.807, 2.05) is 24.3 Å². The second-order valence-corrected chi connectivity index (χ2v) is 5.94. The van der Waals surface area contributed by atoms with Gasteiger partial charge in [0.15, 0.2) is 0 Å². The van der Waals surface area contributed by atoms with Gasteiger partial charge in [-0.25, -0.2) is 0 Å². The predicted molar refractivity (Wildman–Crippen MR) is 78.6 cm³/mol. The van der Waals surface area contributed by atoms with E-state index in [1.54, 1.807) is 0 Å². The second kappa shape index (κ2) is 7.27. The summed E-state index contributed by atoms with van der Waals surface area (Å²) in [6, 6.07) is 7.85. The van der Waals surface area contributed by atoms with Gasteiger partial charge in [-0.3, -0.25) is 0 Å². The van der Waals surface area contributed by atoms with Crippen LogP contribution in [0.2, 0.25) is 0 Å². The molecule has 2 rings (SSSR count). The lowest BCUT2D eigenvalue weighted by Crippen LogP contribution is -2.34. The van der Waals surface area contributed by atoms with Crippen LogP contribution in [0, 0.1) is 0 Å². The lowest BCUT2D eigenvalue weighted by Gasteiger charge is -2.31. The van der Waals surface area contributed by atoms with E-state index in [0.29, 0.717) is 31.5 Å². The van der Waals surface area contributed by atoms with Gasteiger partial charge >= 0.3 is 0 Å². The van der Waals surface area contributed by atoms with Gasteiger partial charge in [0.25, 0.3) is 0 Å². The minimum absolute atomic E-state index is 0.291. The first-order chi connectivity index (χ1) is 9.13. The van der Waals surface area contributed by atoms with Crippen molar-refractivity contribution >= 4 is 15.9 Å². The molecule has 0 saturated carbocycles. The molecule has 0 bridgehead atoms. The fourth-order valence-corrected chi connectivity index (χ4v) is 2.79. The molecule has 1 saturated heterocycles. The average molecular weight is 329 g/mol. The van der Waals surface area contributed by atoms with Crippen molar-refractivity contribution in [3.05, 3.63) is 28.7 Å². The molecule has 4 heteroatoms. The van der Waals surface area contributed by atoms with E-state index in [2.05, 4.69) is 29.8 Å². The molecular formula is C15H21BrO3. The van der Waals surface area contributed by atoms with Crippen LogP contribution in [0.1, 0.15) is 26.7 Å². The molecule has 0 aliphatic carbocycles. The third kappa shape index (κ3) is 5.13. The van der Waals surface area contributed by atoms with Crippen molar-refractivity contribution < 1.29 is 14.2 Å². The van der Waals surface area contributed by atoms with E-state index in [1.165, 1.54) is 0 Å². The Balaban J connectivity index is 1.66. The maximum absolute atomic E-state index is 5.86. The first-order valence-electron chi connectivity index (χ1n) is 6.79. The van der Waals surface area contributed by atoms with Crippen LogP contribution in [0.4, 0.5) is 0 Å².